The van der Waals surface area contributed by atoms with E-state index < -0.39 is 0 Å². The highest BCUT2D eigenvalue weighted by atomic mass is 32.2. The Hall–Kier alpha value is -2.31. The minimum atomic E-state index is -0.127. The average molecular weight is 389 g/mol. The van der Waals surface area contributed by atoms with E-state index in [9.17, 15) is 10.1 Å². The number of nitrogens with zero attached hydrogens (tertiary/aromatic N) is 3. The number of hydrogen-bond donors (Lipinski definition) is 3. The summed E-state index contributed by atoms with van der Waals surface area (Å²) in [6.45, 7) is 2.22. The molecule has 7 nitrogen and oxygen atoms in total. The molecule has 0 aromatic carbocycles. The van der Waals surface area contributed by atoms with Gasteiger partial charge in [-0.25, -0.2) is 9.97 Å². The molecule has 136 valence electrons. The summed E-state index contributed by atoms with van der Waals surface area (Å²) in [5.41, 5.74) is 13.0. The number of rotatable bonds is 5. The van der Waals surface area contributed by atoms with Crippen LogP contribution in [0.1, 0.15) is 35.8 Å². The highest BCUT2D eigenvalue weighted by molar-refractivity contribution is 7.99. The fourth-order valence-corrected chi connectivity index (χ4v) is 5.10. The number of nitrogen functional groups attached to an aromatic ring is 2. The number of anilines is 3. The van der Waals surface area contributed by atoms with Gasteiger partial charge in [0.15, 0.2) is 5.16 Å². The van der Waals surface area contributed by atoms with E-state index in [0.29, 0.717) is 39.0 Å². The Morgan fingerprint density at radius 2 is 2.19 bits per heavy atom. The maximum absolute atomic E-state index is 12.3. The van der Waals surface area contributed by atoms with Crippen LogP contribution in [0, 0.1) is 17.2 Å². The van der Waals surface area contributed by atoms with Gasteiger partial charge in [-0.1, -0.05) is 18.7 Å². The Morgan fingerprint density at radius 1 is 1.46 bits per heavy atom. The van der Waals surface area contributed by atoms with Crippen LogP contribution >= 0.6 is 23.1 Å². The van der Waals surface area contributed by atoms with Gasteiger partial charge in [0.2, 0.25) is 5.91 Å². The molecule has 0 saturated carbocycles. The van der Waals surface area contributed by atoms with Crippen molar-refractivity contribution in [3.63, 3.8) is 0 Å². The number of aromatic nitrogens is 2. The summed E-state index contributed by atoms with van der Waals surface area (Å²) in [6, 6.07) is 3.75. The molecule has 0 fully saturated rings. The van der Waals surface area contributed by atoms with Crippen LogP contribution in [0.4, 0.5) is 16.6 Å². The van der Waals surface area contributed by atoms with E-state index in [1.807, 2.05) is 0 Å². The Bertz CT molecular complexity index is 853. The van der Waals surface area contributed by atoms with Crippen LogP contribution in [0.3, 0.4) is 0 Å². The summed E-state index contributed by atoms with van der Waals surface area (Å²) in [6.07, 6.45) is 3.27. The first-order valence-corrected chi connectivity index (χ1v) is 10.1. The van der Waals surface area contributed by atoms with Gasteiger partial charge >= 0.3 is 0 Å². The third kappa shape index (κ3) is 4.26. The monoisotopic (exact) mass is 388 g/mol. The summed E-state index contributed by atoms with van der Waals surface area (Å²) in [7, 11) is 0. The Balaban J connectivity index is 1.59. The molecule has 3 rings (SSSR count). The van der Waals surface area contributed by atoms with Crippen LogP contribution in [0.25, 0.3) is 0 Å². The van der Waals surface area contributed by atoms with E-state index in [1.54, 1.807) is 0 Å². The third-order valence-electron chi connectivity index (χ3n) is 4.18. The summed E-state index contributed by atoms with van der Waals surface area (Å²) in [5.74, 6) is 1.61. The van der Waals surface area contributed by atoms with Gasteiger partial charge in [0, 0.05) is 23.1 Å². The molecule has 1 atom stereocenters. The molecular formula is C17H20N6OS2. The van der Waals surface area contributed by atoms with Crippen molar-refractivity contribution in [2.75, 3.05) is 22.5 Å². The average Bonchev–Trinajstić information content (AvgIpc) is 2.89. The molecule has 2 heterocycles. The van der Waals surface area contributed by atoms with Gasteiger partial charge < -0.3 is 16.8 Å². The minimum absolute atomic E-state index is 0.127. The molecule has 1 amide bonds. The first-order chi connectivity index (χ1) is 12.5. The van der Waals surface area contributed by atoms with Gasteiger partial charge in [0.25, 0.3) is 0 Å². The molecule has 1 aliphatic rings. The summed E-state index contributed by atoms with van der Waals surface area (Å²) >= 11 is 2.85. The largest absolute Gasteiger partial charge is 0.383 e. The fourth-order valence-electron chi connectivity index (χ4n) is 2.91. The lowest BCUT2D eigenvalue weighted by molar-refractivity contribution is -0.115. The molecule has 0 spiro atoms. The smallest absolute Gasteiger partial charge is 0.225 e. The number of fused-ring (bicyclic) bond motifs is 1. The van der Waals surface area contributed by atoms with Crippen LogP contribution in [-0.4, -0.2) is 21.6 Å². The first-order valence-electron chi connectivity index (χ1n) is 8.33. The van der Waals surface area contributed by atoms with Gasteiger partial charge in [-0.05, 0) is 30.7 Å². The molecule has 0 radical (unpaired) electrons. The molecule has 0 bridgehead atoms. The van der Waals surface area contributed by atoms with Gasteiger partial charge in [0.1, 0.15) is 22.7 Å². The highest BCUT2D eigenvalue weighted by Crippen LogP contribution is 2.39. The van der Waals surface area contributed by atoms with E-state index in [4.69, 9.17) is 11.5 Å². The standard InChI is InChI=1S/C17H20N6OS2/c1-9-2-3-10-11(8-18)16(26-12(10)6-9)23-15(24)4-5-25-17-21-13(19)7-14(20)22-17/h7,9H,2-6H2,1H3,(H,23,24)(H4,19,20,21,22). The normalized spacial score (nSPS) is 15.9. The predicted molar refractivity (Wildman–Crippen MR) is 105 cm³/mol. The van der Waals surface area contributed by atoms with Gasteiger partial charge in [-0.2, -0.15) is 5.26 Å². The molecule has 0 saturated heterocycles. The summed E-state index contributed by atoms with van der Waals surface area (Å²) in [4.78, 5) is 21.6. The zero-order valence-corrected chi connectivity index (χ0v) is 16.0. The molecule has 26 heavy (non-hydrogen) atoms. The number of nitrogens with two attached hydrogens (primary N) is 2. The van der Waals surface area contributed by atoms with Crippen molar-refractivity contribution in [1.82, 2.24) is 9.97 Å². The van der Waals surface area contributed by atoms with Crippen LogP contribution in [-0.2, 0) is 17.6 Å². The minimum Gasteiger partial charge on any atom is -0.383 e. The van der Waals surface area contributed by atoms with Gasteiger partial charge in [-0.15, -0.1) is 11.3 Å². The van der Waals surface area contributed by atoms with Gasteiger partial charge in [-0.3, -0.25) is 4.79 Å². The zero-order chi connectivity index (χ0) is 18.7. The molecule has 0 aliphatic heterocycles. The van der Waals surface area contributed by atoms with Crippen molar-refractivity contribution in [2.45, 2.75) is 37.8 Å². The van der Waals surface area contributed by atoms with E-state index in [0.717, 1.165) is 24.8 Å². The molecule has 5 N–H and O–H groups in total. The van der Waals surface area contributed by atoms with E-state index in [-0.39, 0.29) is 12.3 Å². The number of nitriles is 1. The van der Waals surface area contributed by atoms with Crippen LogP contribution in [0.15, 0.2) is 11.2 Å². The number of carbonyl (C=O) groups is 1. The SMILES string of the molecule is CC1CCc2c(sc(NC(=O)CCSc3nc(N)cc(N)n3)c2C#N)C1. The number of amides is 1. The second kappa shape index (κ2) is 7.93. The fraction of sp³-hybridized carbons (Fsp3) is 0.412. The lowest BCUT2D eigenvalue weighted by atomic mass is 9.89. The first kappa shape index (κ1) is 18.5. The van der Waals surface area contributed by atoms with Crippen molar-refractivity contribution in [2.24, 2.45) is 5.92 Å². The van der Waals surface area contributed by atoms with Crippen molar-refractivity contribution in [3.8, 4) is 6.07 Å². The van der Waals surface area contributed by atoms with Crippen molar-refractivity contribution >= 4 is 45.6 Å². The predicted octanol–water partition coefficient (Wildman–Crippen LogP) is 2.82. The topological polar surface area (TPSA) is 131 Å². The molecule has 9 heteroatoms. The third-order valence-corrected chi connectivity index (χ3v) is 6.20. The van der Waals surface area contributed by atoms with Gasteiger partial charge in [0.05, 0.1) is 5.56 Å². The Labute approximate surface area is 160 Å². The summed E-state index contributed by atoms with van der Waals surface area (Å²) in [5, 5.41) is 13.5. The number of hydrogen-bond acceptors (Lipinski definition) is 8. The van der Waals surface area contributed by atoms with E-state index in [2.05, 4.69) is 28.3 Å². The Kier molecular flexibility index (Phi) is 5.64. The maximum atomic E-state index is 12.3. The van der Waals surface area contributed by atoms with Crippen LogP contribution in [0.2, 0.25) is 0 Å². The van der Waals surface area contributed by atoms with Crippen LogP contribution < -0.4 is 16.8 Å². The number of thiophene rings is 1. The maximum Gasteiger partial charge on any atom is 0.225 e. The highest BCUT2D eigenvalue weighted by Gasteiger charge is 2.24. The number of carbonyl (C=O) groups excluding carboxylic acids is 1. The molecule has 1 unspecified atom stereocenters. The molecular weight excluding hydrogens is 368 g/mol. The number of nitrogens with one attached hydrogen (secondary N) is 1. The van der Waals surface area contributed by atoms with Crippen LogP contribution in [0.5, 0.6) is 0 Å². The second-order valence-corrected chi connectivity index (χ2v) is 8.48. The van der Waals surface area contributed by atoms with E-state index in [1.165, 1.54) is 34.0 Å². The van der Waals surface area contributed by atoms with E-state index >= 15 is 0 Å². The summed E-state index contributed by atoms with van der Waals surface area (Å²) < 4.78 is 0. The lowest BCUT2D eigenvalue weighted by Crippen LogP contribution is -2.12. The second-order valence-electron chi connectivity index (χ2n) is 6.31. The van der Waals surface area contributed by atoms with Crippen molar-refractivity contribution in [3.05, 3.63) is 22.1 Å². The van der Waals surface area contributed by atoms with Crippen molar-refractivity contribution < 1.29 is 4.79 Å². The number of thioether (sulfide) groups is 1. The molecule has 1 aliphatic carbocycles. The Morgan fingerprint density at radius 3 is 2.88 bits per heavy atom. The molecule has 2 aromatic heterocycles. The quantitative estimate of drug-likeness (QED) is 0.530. The lowest BCUT2D eigenvalue weighted by Gasteiger charge is -2.17. The zero-order valence-electron chi connectivity index (χ0n) is 14.4. The van der Waals surface area contributed by atoms with Crippen molar-refractivity contribution in [1.29, 1.82) is 5.26 Å². The molecule has 2 aromatic rings.